The van der Waals surface area contributed by atoms with Gasteiger partial charge < -0.3 is 45.4 Å². The van der Waals surface area contributed by atoms with Crippen molar-refractivity contribution in [2.24, 2.45) is 0 Å². The van der Waals surface area contributed by atoms with Gasteiger partial charge in [-0.3, -0.25) is 9.78 Å². The Kier molecular flexibility index (Phi) is 12.6. The second kappa shape index (κ2) is 16.4. The van der Waals surface area contributed by atoms with Gasteiger partial charge in [-0.25, -0.2) is 14.4 Å². The highest BCUT2D eigenvalue weighted by Gasteiger charge is 2.43. The second-order valence-corrected chi connectivity index (χ2v) is 11.6. The van der Waals surface area contributed by atoms with Crippen molar-refractivity contribution in [2.45, 2.75) is 63.3 Å². The number of hydrogen-bond acceptors (Lipinski definition) is 12. The fourth-order valence-electron chi connectivity index (χ4n) is 5.14. The molecular formula is C31H40ClFN6O7. The zero-order valence-corrected chi connectivity index (χ0v) is 26.6. The fourth-order valence-corrected chi connectivity index (χ4v) is 5.31. The van der Waals surface area contributed by atoms with Crippen LogP contribution < -0.4 is 15.4 Å². The first kappa shape index (κ1) is 35.4. The molecule has 13 nitrogen and oxygen atoms in total. The van der Waals surface area contributed by atoms with Crippen LogP contribution in [0.25, 0.3) is 11.4 Å². The maximum Gasteiger partial charge on any atom is 0.254 e. The molecule has 46 heavy (non-hydrogen) atoms. The van der Waals surface area contributed by atoms with Crippen LogP contribution in [0.15, 0.2) is 42.9 Å². The molecule has 1 aromatic carbocycles. The summed E-state index contributed by atoms with van der Waals surface area (Å²) in [5.74, 6) is -0.368. The highest BCUT2D eigenvalue weighted by molar-refractivity contribution is 6.30. The van der Waals surface area contributed by atoms with E-state index in [4.69, 9.17) is 21.1 Å². The minimum absolute atomic E-state index is 0.0737. The maximum atomic E-state index is 14.5. The van der Waals surface area contributed by atoms with E-state index in [0.29, 0.717) is 43.2 Å². The Morgan fingerprint density at radius 2 is 1.89 bits per heavy atom. The van der Waals surface area contributed by atoms with Crippen molar-refractivity contribution in [3.8, 4) is 17.1 Å². The number of halogens is 2. The van der Waals surface area contributed by atoms with Crippen molar-refractivity contribution in [1.29, 1.82) is 0 Å². The summed E-state index contributed by atoms with van der Waals surface area (Å²) in [6.07, 6.45) is -0.466. The van der Waals surface area contributed by atoms with Gasteiger partial charge in [0.25, 0.3) is 5.91 Å². The number of ether oxygens (including phenoxy) is 2. The number of benzene rings is 1. The summed E-state index contributed by atoms with van der Waals surface area (Å²) in [5.41, 5.74) is 0.752. The number of nitrogens with zero attached hydrogens (tertiary/aromatic N) is 4. The van der Waals surface area contributed by atoms with Crippen LogP contribution in [-0.4, -0.2) is 116 Å². The monoisotopic (exact) mass is 662 g/mol. The van der Waals surface area contributed by atoms with E-state index in [2.05, 4.69) is 30.5 Å². The molecule has 0 saturated carbocycles. The molecule has 0 aliphatic carbocycles. The van der Waals surface area contributed by atoms with Gasteiger partial charge in [0.15, 0.2) is 17.4 Å². The molecule has 1 aliphatic rings. The molecule has 4 rings (SSSR count). The lowest BCUT2D eigenvalue weighted by atomic mass is 9.93. The van der Waals surface area contributed by atoms with Gasteiger partial charge >= 0.3 is 0 Å². The molecule has 0 spiro atoms. The van der Waals surface area contributed by atoms with E-state index in [0.717, 1.165) is 0 Å². The van der Waals surface area contributed by atoms with Gasteiger partial charge in [0.2, 0.25) is 0 Å². The Morgan fingerprint density at radius 1 is 1.13 bits per heavy atom. The van der Waals surface area contributed by atoms with Crippen LogP contribution in [-0.2, 0) is 4.74 Å². The van der Waals surface area contributed by atoms with E-state index in [1.807, 2.05) is 13.8 Å². The van der Waals surface area contributed by atoms with Crippen molar-refractivity contribution in [3.05, 3.63) is 59.3 Å². The predicted molar refractivity (Wildman–Crippen MR) is 169 cm³/mol. The average molecular weight is 663 g/mol. The molecule has 3 heterocycles. The number of aliphatic hydroxyl groups is 4. The van der Waals surface area contributed by atoms with Gasteiger partial charge in [-0.15, -0.1) is 0 Å². The number of hydrogen-bond donors (Lipinski definition) is 6. The Bertz CT molecular complexity index is 1470. The number of carbonyl (C=O) groups excluding carboxylic acids is 1. The predicted octanol–water partition coefficient (Wildman–Crippen LogP) is 2.15. The zero-order valence-electron chi connectivity index (χ0n) is 25.8. The zero-order chi connectivity index (χ0) is 33.4. The standard InChI is InChI=1S/C31H40ClFN6O7/c1-17(2)39(12-8-23-26(41)28(43)27(42)25(16-40)46-23)11-4-9-35-31(44)20-14-34-10-7-22(20)37-30-24(45-3)15-36-29(38-30)19-13-18(32)5-6-21(19)33/h5-7,10,13-15,17,23,25-28,40-43H,4,8-9,11-12,16H2,1-3H3,(H,35,44)(H,34,36,37,38)/t23?,25-,26-,27-,28-/m1/s1. The number of aromatic nitrogens is 3. The lowest BCUT2D eigenvalue weighted by Gasteiger charge is -2.41. The Balaban J connectivity index is 1.36. The molecule has 1 fully saturated rings. The summed E-state index contributed by atoms with van der Waals surface area (Å²) in [6, 6.07) is 5.82. The lowest BCUT2D eigenvalue weighted by molar-refractivity contribution is -0.231. The van der Waals surface area contributed by atoms with E-state index in [9.17, 15) is 29.6 Å². The number of anilines is 2. The lowest BCUT2D eigenvalue weighted by Crippen LogP contribution is -2.59. The minimum atomic E-state index is -1.41. The molecular weight excluding hydrogens is 623 g/mol. The van der Waals surface area contributed by atoms with Crippen LogP contribution in [0.2, 0.25) is 5.02 Å². The molecule has 1 saturated heterocycles. The van der Waals surface area contributed by atoms with Gasteiger partial charge in [0.05, 0.1) is 42.8 Å². The molecule has 1 unspecified atom stereocenters. The van der Waals surface area contributed by atoms with Crippen LogP contribution in [0.4, 0.5) is 15.9 Å². The van der Waals surface area contributed by atoms with Crippen LogP contribution in [0.5, 0.6) is 5.75 Å². The van der Waals surface area contributed by atoms with Crippen LogP contribution >= 0.6 is 11.6 Å². The van der Waals surface area contributed by atoms with Crippen molar-refractivity contribution >= 4 is 29.0 Å². The number of carbonyl (C=O) groups is 1. The van der Waals surface area contributed by atoms with Crippen LogP contribution in [0, 0.1) is 5.82 Å². The number of aliphatic hydroxyl groups excluding tert-OH is 4. The number of methoxy groups -OCH3 is 1. The van der Waals surface area contributed by atoms with Gasteiger partial charge in [-0.05, 0) is 51.0 Å². The summed E-state index contributed by atoms with van der Waals surface area (Å²) >= 11 is 6.05. The van der Waals surface area contributed by atoms with Gasteiger partial charge in [-0.2, -0.15) is 0 Å². The van der Waals surface area contributed by atoms with E-state index >= 15 is 0 Å². The van der Waals surface area contributed by atoms with E-state index in [-0.39, 0.29) is 40.5 Å². The largest absolute Gasteiger partial charge is 0.491 e. The first-order chi connectivity index (χ1) is 22.0. The van der Waals surface area contributed by atoms with Crippen molar-refractivity contribution in [2.75, 3.05) is 38.7 Å². The smallest absolute Gasteiger partial charge is 0.254 e. The molecule has 1 amide bonds. The Labute approximate surface area is 271 Å². The summed E-state index contributed by atoms with van der Waals surface area (Å²) in [7, 11) is 1.44. The topological polar surface area (TPSA) is 182 Å². The minimum Gasteiger partial charge on any atom is -0.491 e. The first-order valence-electron chi connectivity index (χ1n) is 14.9. The number of amides is 1. The van der Waals surface area contributed by atoms with Crippen molar-refractivity contribution in [1.82, 2.24) is 25.2 Å². The third-order valence-corrected chi connectivity index (χ3v) is 8.03. The molecule has 3 aromatic rings. The van der Waals surface area contributed by atoms with E-state index < -0.39 is 42.9 Å². The molecule has 6 N–H and O–H groups in total. The number of rotatable bonds is 14. The summed E-state index contributed by atoms with van der Waals surface area (Å²) < 4.78 is 25.5. The van der Waals surface area contributed by atoms with Gasteiger partial charge in [0.1, 0.15) is 30.2 Å². The quantitative estimate of drug-likeness (QED) is 0.139. The molecule has 1 aliphatic heterocycles. The third kappa shape index (κ3) is 8.64. The summed E-state index contributed by atoms with van der Waals surface area (Å²) in [6.45, 7) is 5.06. The number of pyridine rings is 1. The van der Waals surface area contributed by atoms with E-state index in [1.54, 1.807) is 6.07 Å². The van der Waals surface area contributed by atoms with Crippen LogP contribution in [0.1, 0.15) is 37.0 Å². The molecule has 2 aromatic heterocycles. The second-order valence-electron chi connectivity index (χ2n) is 11.2. The fraction of sp³-hybridized carbons (Fsp3) is 0.484. The summed E-state index contributed by atoms with van der Waals surface area (Å²) in [4.78, 5) is 28.1. The van der Waals surface area contributed by atoms with Gasteiger partial charge in [-0.1, -0.05) is 11.6 Å². The SMILES string of the molecule is COc1cnc(-c2cc(Cl)ccc2F)nc1Nc1ccncc1C(=O)NCCCN(CCC1O[C@H](CO)[C@@H](O)[C@H](O)[C@@H]1O)C(C)C. The van der Waals surface area contributed by atoms with Gasteiger partial charge in [0, 0.05) is 43.1 Å². The Morgan fingerprint density at radius 3 is 2.61 bits per heavy atom. The molecule has 5 atom stereocenters. The number of nitrogens with one attached hydrogen (secondary N) is 2. The van der Waals surface area contributed by atoms with Crippen LogP contribution in [0.3, 0.4) is 0 Å². The maximum absolute atomic E-state index is 14.5. The average Bonchev–Trinajstić information content (AvgIpc) is 3.05. The van der Waals surface area contributed by atoms with Crippen molar-refractivity contribution in [3.63, 3.8) is 0 Å². The third-order valence-electron chi connectivity index (χ3n) is 7.79. The Hall–Kier alpha value is -3.50. The molecule has 15 heteroatoms. The van der Waals surface area contributed by atoms with Crippen molar-refractivity contribution < 1.29 is 39.1 Å². The highest BCUT2D eigenvalue weighted by atomic mass is 35.5. The highest BCUT2D eigenvalue weighted by Crippen LogP contribution is 2.31. The normalized spacial score (nSPS) is 21.4. The molecule has 250 valence electrons. The summed E-state index contributed by atoms with van der Waals surface area (Å²) in [5, 5.41) is 46.2. The molecule has 0 radical (unpaired) electrons. The first-order valence-corrected chi connectivity index (χ1v) is 15.3. The molecule has 0 bridgehead atoms. The van der Waals surface area contributed by atoms with E-state index in [1.165, 1.54) is 43.9 Å².